The van der Waals surface area contributed by atoms with E-state index in [1.807, 2.05) is 0 Å². The van der Waals surface area contributed by atoms with E-state index < -0.39 is 0 Å². The first-order chi connectivity index (χ1) is 20.8. The lowest BCUT2D eigenvalue weighted by Gasteiger charge is -2.68. The van der Waals surface area contributed by atoms with Crippen molar-refractivity contribution in [2.75, 3.05) is 0 Å². The molecule has 10 unspecified atom stereocenters. The minimum absolute atomic E-state index is 0.432. The molecule has 0 bridgehead atoms. The molecule has 2 saturated heterocycles. The number of nitrogens with zero attached hydrogens (tertiary/aromatic N) is 4. The normalized spacial score (nSPS) is 39.0. The summed E-state index contributed by atoms with van der Waals surface area (Å²) in [5.74, 6) is 6.54. The molecule has 3 heterocycles. The van der Waals surface area contributed by atoms with Crippen LogP contribution in [0, 0.1) is 23.7 Å². The first kappa shape index (κ1) is 26.2. The van der Waals surface area contributed by atoms with Gasteiger partial charge >= 0.3 is 0 Å². The molecule has 9 rings (SSSR count). The van der Waals surface area contributed by atoms with Crippen LogP contribution >= 0.6 is 11.8 Å². The number of fused-ring (bicyclic) bond motifs is 5. The second-order valence-electron chi connectivity index (χ2n) is 14.3. The largest absolute Gasteiger partial charge is 0.292 e. The van der Waals surface area contributed by atoms with Crippen molar-refractivity contribution in [3.63, 3.8) is 0 Å². The minimum atomic E-state index is 0.432. The van der Waals surface area contributed by atoms with Crippen LogP contribution < -0.4 is 0 Å². The van der Waals surface area contributed by atoms with Crippen molar-refractivity contribution in [1.29, 1.82) is 0 Å². The lowest BCUT2D eigenvalue weighted by Crippen LogP contribution is -2.73. The van der Waals surface area contributed by atoms with Crippen LogP contribution in [0.4, 0.5) is 0 Å². The maximum atomic E-state index is 5.36. The Morgan fingerprint density at radius 2 is 1.19 bits per heavy atom. The molecule has 6 fully saturated rings. The summed E-state index contributed by atoms with van der Waals surface area (Å²) in [5, 5.41) is 1.55. The van der Waals surface area contributed by atoms with Crippen LogP contribution in [-0.2, 0) is 0 Å². The summed E-state index contributed by atoms with van der Waals surface area (Å²) in [6.07, 6.45) is 17.1. The molecule has 0 N–H and O–H groups in total. The number of rotatable bonds is 3. The molecule has 218 valence electrons. The molecular formula is C37H44N4S. The highest BCUT2D eigenvalue weighted by molar-refractivity contribution is 8.00. The van der Waals surface area contributed by atoms with Gasteiger partial charge in [0.15, 0.2) is 11.6 Å². The molecule has 5 heteroatoms. The van der Waals surface area contributed by atoms with Crippen LogP contribution in [0.3, 0.4) is 0 Å². The van der Waals surface area contributed by atoms with E-state index >= 15 is 0 Å². The number of thioether (sulfide) groups is 1. The fourth-order valence-corrected chi connectivity index (χ4v) is 12.9. The van der Waals surface area contributed by atoms with Crippen LogP contribution in [0.15, 0.2) is 60.7 Å². The average molecular weight is 577 g/mol. The van der Waals surface area contributed by atoms with Crippen LogP contribution in [-0.4, -0.2) is 48.5 Å². The highest BCUT2D eigenvalue weighted by Gasteiger charge is 2.62. The molecule has 2 aromatic carbocycles. The van der Waals surface area contributed by atoms with Gasteiger partial charge in [0.2, 0.25) is 0 Å². The van der Waals surface area contributed by atoms with Gasteiger partial charge in [0.1, 0.15) is 5.82 Å². The molecule has 4 aliphatic carbocycles. The fourth-order valence-electron chi connectivity index (χ4n) is 10.9. The smallest absolute Gasteiger partial charge is 0.163 e. The third kappa shape index (κ3) is 4.24. The minimum Gasteiger partial charge on any atom is -0.292 e. The van der Waals surface area contributed by atoms with Crippen molar-refractivity contribution in [1.82, 2.24) is 19.9 Å². The summed E-state index contributed by atoms with van der Waals surface area (Å²) in [6, 6.07) is 23.7. The van der Waals surface area contributed by atoms with Crippen molar-refractivity contribution >= 4 is 11.8 Å². The zero-order valence-electron chi connectivity index (χ0n) is 24.7. The number of hydrogen-bond acceptors (Lipinski definition) is 5. The predicted molar refractivity (Wildman–Crippen MR) is 171 cm³/mol. The third-order valence-electron chi connectivity index (χ3n) is 12.3. The molecule has 3 aromatic rings. The third-order valence-corrected chi connectivity index (χ3v) is 14.1. The van der Waals surface area contributed by atoms with Gasteiger partial charge in [0.05, 0.1) is 0 Å². The van der Waals surface area contributed by atoms with Crippen molar-refractivity contribution in [2.45, 2.75) is 112 Å². The summed E-state index contributed by atoms with van der Waals surface area (Å²) in [5.41, 5.74) is 2.19. The van der Waals surface area contributed by atoms with Gasteiger partial charge in [0.25, 0.3) is 0 Å². The molecule has 10 atom stereocenters. The van der Waals surface area contributed by atoms with Crippen molar-refractivity contribution < 1.29 is 0 Å². The summed E-state index contributed by atoms with van der Waals surface area (Å²) < 4.78 is 0. The molecule has 6 aliphatic rings. The number of benzene rings is 2. The highest BCUT2D eigenvalue weighted by atomic mass is 32.2. The van der Waals surface area contributed by atoms with Crippen LogP contribution in [0.2, 0.25) is 0 Å². The lowest BCUT2D eigenvalue weighted by atomic mass is 9.51. The average Bonchev–Trinajstić information content (AvgIpc) is 3.07. The topological polar surface area (TPSA) is 41.9 Å². The van der Waals surface area contributed by atoms with E-state index in [0.29, 0.717) is 11.8 Å². The SMILES string of the molecule is c1ccc(-c2nc(-c3ccccc3)nc(C3CC4SC5CCCCC5N5C6CCCCC6C6CCCC3C6C45)n2)cc1. The first-order valence-electron chi connectivity index (χ1n) is 17.1. The quantitative estimate of drug-likeness (QED) is 0.313. The number of piperidine rings is 1. The van der Waals surface area contributed by atoms with Gasteiger partial charge in [-0.3, -0.25) is 4.90 Å². The second kappa shape index (κ2) is 10.7. The molecule has 0 amide bonds. The van der Waals surface area contributed by atoms with Crippen LogP contribution in [0.25, 0.3) is 22.8 Å². The molecule has 2 aliphatic heterocycles. The van der Waals surface area contributed by atoms with E-state index in [1.54, 1.807) is 0 Å². The van der Waals surface area contributed by atoms with E-state index in [4.69, 9.17) is 15.0 Å². The molecule has 1 aromatic heterocycles. The Kier molecular flexibility index (Phi) is 6.69. The Hall–Kier alpha value is -2.24. The van der Waals surface area contributed by atoms with E-state index in [-0.39, 0.29) is 0 Å². The summed E-state index contributed by atoms with van der Waals surface area (Å²) in [4.78, 5) is 19.0. The molecule has 4 saturated carbocycles. The summed E-state index contributed by atoms with van der Waals surface area (Å²) >= 11 is 2.42. The highest BCUT2D eigenvalue weighted by Crippen LogP contribution is 2.63. The molecular weight excluding hydrogens is 533 g/mol. The summed E-state index contributed by atoms with van der Waals surface area (Å²) in [7, 11) is 0. The van der Waals surface area contributed by atoms with Gasteiger partial charge in [-0.1, -0.05) is 92.8 Å². The first-order valence-corrected chi connectivity index (χ1v) is 18.1. The Morgan fingerprint density at radius 1 is 0.571 bits per heavy atom. The maximum Gasteiger partial charge on any atom is 0.163 e. The van der Waals surface area contributed by atoms with Gasteiger partial charge < -0.3 is 0 Å². The van der Waals surface area contributed by atoms with Gasteiger partial charge in [-0.2, -0.15) is 11.8 Å². The van der Waals surface area contributed by atoms with Gasteiger partial charge in [0, 0.05) is 45.7 Å². The van der Waals surface area contributed by atoms with Gasteiger partial charge in [-0.15, -0.1) is 0 Å². The lowest BCUT2D eigenvalue weighted by molar-refractivity contribution is -0.143. The summed E-state index contributed by atoms with van der Waals surface area (Å²) in [6.45, 7) is 0. The van der Waals surface area contributed by atoms with Crippen molar-refractivity contribution in [2.24, 2.45) is 23.7 Å². The molecule has 4 nitrogen and oxygen atoms in total. The van der Waals surface area contributed by atoms with E-state index in [0.717, 1.165) is 75.0 Å². The maximum absolute atomic E-state index is 5.36. The number of aromatic nitrogens is 3. The van der Waals surface area contributed by atoms with E-state index in [9.17, 15) is 0 Å². The van der Waals surface area contributed by atoms with Gasteiger partial charge in [-0.05, 0) is 68.6 Å². The number of hydrogen-bond donors (Lipinski definition) is 0. The van der Waals surface area contributed by atoms with Crippen molar-refractivity contribution in [3.05, 3.63) is 66.5 Å². The van der Waals surface area contributed by atoms with Crippen LogP contribution in [0.5, 0.6) is 0 Å². The fraction of sp³-hybridized carbons (Fsp3) is 0.595. The van der Waals surface area contributed by atoms with E-state index in [1.165, 1.54) is 77.0 Å². The zero-order chi connectivity index (χ0) is 27.6. The van der Waals surface area contributed by atoms with Crippen molar-refractivity contribution in [3.8, 4) is 22.8 Å². The standard InChI is InChI=1S/C37H44N4S/c1-3-12-23(13-4-1)35-38-36(24-14-5-2-6-15-24)40-37(39-35)28-22-32-34-33-26(17-11-18-27(28)33)25-16-7-8-19-29(25)41(34)30-20-9-10-21-31(30)42-32/h1-6,12-15,25-34H,7-11,16-22H2. The molecule has 0 radical (unpaired) electrons. The Labute approximate surface area is 255 Å². The zero-order valence-corrected chi connectivity index (χ0v) is 25.5. The predicted octanol–water partition coefficient (Wildman–Crippen LogP) is 8.40. The Morgan fingerprint density at radius 3 is 1.93 bits per heavy atom. The molecule has 42 heavy (non-hydrogen) atoms. The second-order valence-corrected chi connectivity index (χ2v) is 15.8. The van der Waals surface area contributed by atoms with Gasteiger partial charge in [-0.25, -0.2) is 15.0 Å². The Bertz CT molecular complexity index is 1360. The Balaban J connectivity index is 1.17. The monoisotopic (exact) mass is 576 g/mol. The van der Waals surface area contributed by atoms with Crippen LogP contribution in [0.1, 0.15) is 88.8 Å². The van der Waals surface area contributed by atoms with E-state index in [2.05, 4.69) is 77.3 Å². The molecule has 0 spiro atoms.